The molecule has 2 N–H and O–H groups in total. The van der Waals surface area contributed by atoms with Crippen molar-refractivity contribution in [3.63, 3.8) is 0 Å². The number of hydrogen-bond donors (Lipinski definition) is 2. The molecule has 1 aliphatic rings. The molecule has 3 aromatic rings. The summed E-state index contributed by atoms with van der Waals surface area (Å²) in [5.74, 6) is -2.04. The molecule has 1 fully saturated rings. The highest BCUT2D eigenvalue weighted by atomic mass is 19.1. The van der Waals surface area contributed by atoms with E-state index < -0.39 is 23.7 Å². The van der Waals surface area contributed by atoms with Gasteiger partial charge in [0.05, 0.1) is 12.1 Å². The first-order chi connectivity index (χ1) is 15.7. The van der Waals surface area contributed by atoms with Crippen LogP contribution in [-0.2, 0) is 11.3 Å². The number of imide groups is 1. The number of aromatic nitrogens is 1. The van der Waals surface area contributed by atoms with E-state index in [1.165, 1.54) is 12.1 Å². The lowest BCUT2D eigenvalue weighted by Gasteiger charge is -2.14. The molecular weight excluding hydrogens is 425 g/mol. The van der Waals surface area contributed by atoms with E-state index in [9.17, 15) is 23.9 Å². The van der Waals surface area contributed by atoms with Crippen molar-refractivity contribution in [1.82, 2.24) is 14.8 Å². The zero-order valence-electron chi connectivity index (χ0n) is 18.3. The molecule has 0 unspecified atom stereocenters. The minimum absolute atomic E-state index is 0.0904. The molecule has 33 heavy (non-hydrogen) atoms. The van der Waals surface area contributed by atoms with Crippen LogP contribution < -0.4 is 5.32 Å². The lowest BCUT2D eigenvalue weighted by molar-refractivity contribution is -0.123. The topological polar surface area (TPSA) is 91.6 Å². The number of nitrogens with zero attached hydrogens (tertiary/aromatic N) is 2. The molecule has 1 aliphatic heterocycles. The molecule has 0 atom stereocenters. The highest BCUT2D eigenvalue weighted by Crippen LogP contribution is 2.27. The minimum Gasteiger partial charge on any atom is -0.478 e. The normalized spacial score (nSPS) is 14.8. The van der Waals surface area contributed by atoms with Crippen molar-refractivity contribution in [3.05, 3.63) is 93.7 Å². The van der Waals surface area contributed by atoms with Gasteiger partial charge in [0, 0.05) is 22.6 Å². The molecule has 168 valence electrons. The van der Waals surface area contributed by atoms with Crippen LogP contribution in [0.15, 0.2) is 54.2 Å². The molecule has 0 radical (unpaired) electrons. The molecule has 0 aliphatic carbocycles. The van der Waals surface area contributed by atoms with Gasteiger partial charge in [-0.15, -0.1) is 0 Å². The fourth-order valence-corrected chi connectivity index (χ4v) is 4.07. The molecular formula is C25H22FN3O4. The fraction of sp³-hybridized carbons (Fsp3) is 0.160. The maximum absolute atomic E-state index is 14.0. The quantitative estimate of drug-likeness (QED) is 0.450. The van der Waals surface area contributed by atoms with E-state index in [1.54, 1.807) is 37.3 Å². The summed E-state index contributed by atoms with van der Waals surface area (Å²) in [6.07, 6.45) is 1.58. The number of carboxylic acid groups (broad SMARTS) is 1. The van der Waals surface area contributed by atoms with Crippen LogP contribution in [0.2, 0.25) is 0 Å². The number of halogens is 1. The van der Waals surface area contributed by atoms with Crippen molar-refractivity contribution < 1.29 is 23.9 Å². The Labute approximate surface area is 189 Å². The number of aryl methyl sites for hydroxylation is 1. The number of carbonyl (C=O) groups excluding carboxylic acids is 2. The minimum atomic E-state index is -1.01. The molecule has 0 saturated carbocycles. The smallest absolute Gasteiger partial charge is 0.336 e. The number of aromatic carboxylic acids is 1. The van der Waals surface area contributed by atoms with Crippen LogP contribution in [0.3, 0.4) is 0 Å². The van der Waals surface area contributed by atoms with Crippen LogP contribution in [0, 0.1) is 26.6 Å². The monoisotopic (exact) mass is 447 g/mol. The van der Waals surface area contributed by atoms with Crippen molar-refractivity contribution in [3.8, 4) is 5.69 Å². The van der Waals surface area contributed by atoms with Crippen LogP contribution in [-0.4, -0.2) is 32.5 Å². The van der Waals surface area contributed by atoms with Crippen LogP contribution in [0.5, 0.6) is 0 Å². The van der Waals surface area contributed by atoms with Crippen molar-refractivity contribution >= 4 is 24.0 Å². The van der Waals surface area contributed by atoms with Gasteiger partial charge in [-0.1, -0.05) is 24.3 Å². The van der Waals surface area contributed by atoms with Gasteiger partial charge in [-0.2, -0.15) is 0 Å². The highest BCUT2D eigenvalue weighted by molar-refractivity contribution is 6.14. The average molecular weight is 447 g/mol. The number of rotatable bonds is 5. The summed E-state index contributed by atoms with van der Waals surface area (Å²) in [4.78, 5) is 37.8. The van der Waals surface area contributed by atoms with Gasteiger partial charge in [0.25, 0.3) is 5.91 Å². The highest BCUT2D eigenvalue weighted by Gasteiger charge is 2.34. The second kappa shape index (κ2) is 8.38. The second-order valence-corrected chi connectivity index (χ2v) is 7.89. The molecule has 1 aromatic heterocycles. The van der Waals surface area contributed by atoms with Crippen molar-refractivity contribution in [2.45, 2.75) is 27.3 Å². The van der Waals surface area contributed by atoms with E-state index in [4.69, 9.17) is 0 Å². The number of nitrogens with one attached hydrogen (secondary N) is 1. The zero-order valence-corrected chi connectivity index (χ0v) is 18.3. The second-order valence-electron chi connectivity index (χ2n) is 7.89. The molecule has 1 saturated heterocycles. The van der Waals surface area contributed by atoms with Gasteiger partial charge in [0.15, 0.2) is 0 Å². The van der Waals surface area contributed by atoms with Crippen LogP contribution in [0.4, 0.5) is 9.18 Å². The van der Waals surface area contributed by atoms with E-state index in [2.05, 4.69) is 5.32 Å². The fourth-order valence-electron chi connectivity index (χ4n) is 4.07. The first kappa shape index (κ1) is 22.0. The van der Waals surface area contributed by atoms with Crippen LogP contribution >= 0.6 is 0 Å². The third-order valence-electron chi connectivity index (χ3n) is 5.80. The SMILES string of the molecule is Cc1c(C(=O)O)cccc1-n1c(C)cc(/C=C2\NC(=O)N(Cc3ccccc3F)C2=O)c1C. The molecule has 0 spiro atoms. The lowest BCUT2D eigenvalue weighted by atomic mass is 10.1. The largest absolute Gasteiger partial charge is 0.478 e. The Hall–Kier alpha value is -4.20. The average Bonchev–Trinajstić information content (AvgIpc) is 3.19. The van der Waals surface area contributed by atoms with Gasteiger partial charge in [-0.25, -0.2) is 14.0 Å². The first-order valence-corrected chi connectivity index (χ1v) is 10.3. The number of carboxylic acids is 1. The third kappa shape index (κ3) is 3.91. The van der Waals surface area contributed by atoms with E-state index in [0.29, 0.717) is 11.1 Å². The molecule has 8 heteroatoms. The van der Waals surface area contributed by atoms with Crippen molar-refractivity contribution in [2.24, 2.45) is 0 Å². The number of carbonyl (C=O) groups is 3. The Balaban J connectivity index is 1.68. The lowest BCUT2D eigenvalue weighted by Crippen LogP contribution is -2.30. The first-order valence-electron chi connectivity index (χ1n) is 10.3. The maximum Gasteiger partial charge on any atom is 0.336 e. The van der Waals surface area contributed by atoms with Gasteiger partial charge < -0.3 is 15.0 Å². The Morgan fingerprint density at radius 2 is 1.82 bits per heavy atom. The van der Waals surface area contributed by atoms with Crippen LogP contribution in [0.1, 0.15) is 38.4 Å². The third-order valence-corrected chi connectivity index (χ3v) is 5.80. The summed E-state index contributed by atoms with van der Waals surface area (Å²) < 4.78 is 15.9. The summed E-state index contributed by atoms with van der Waals surface area (Å²) in [6, 6.07) is 12.3. The molecule has 3 amide bonds. The van der Waals surface area contributed by atoms with Gasteiger partial charge >= 0.3 is 12.0 Å². The van der Waals surface area contributed by atoms with Gasteiger partial charge in [-0.05, 0) is 62.2 Å². The molecule has 4 rings (SSSR count). The zero-order chi connectivity index (χ0) is 23.9. The molecule has 7 nitrogen and oxygen atoms in total. The summed E-state index contributed by atoms with van der Waals surface area (Å²) in [5, 5.41) is 12.0. The predicted molar refractivity (Wildman–Crippen MR) is 120 cm³/mol. The Kier molecular flexibility index (Phi) is 5.59. The van der Waals surface area contributed by atoms with Crippen molar-refractivity contribution in [2.75, 3.05) is 0 Å². The van der Waals surface area contributed by atoms with E-state index >= 15 is 0 Å². The summed E-state index contributed by atoms with van der Waals surface area (Å²) in [5.41, 5.74) is 4.20. The van der Waals surface area contributed by atoms with E-state index in [-0.39, 0.29) is 23.4 Å². The molecule has 2 heterocycles. The van der Waals surface area contributed by atoms with Crippen LogP contribution in [0.25, 0.3) is 11.8 Å². The maximum atomic E-state index is 14.0. The molecule has 0 bridgehead atoms. The van der Waals surface area contributed by atoms with Gasteiger partial charge in [0.2, 0.25) is 0 Å². The predicted octanol–water partition coefficient (Wildman–Crippen LogP) is 4.33. The summed E-state index contributed by atoms with van der Waals surface area (Å²) in [6.45, 7) is 5.30. The number of benzene rings is 2. The summed E-state index contributed by atoms with van der Waals surface area (Å²) >= 11 is 0. The Bertz CT molecular complexity index is 1340. The Morgan fingerprint density at radius 1 is 1.09 bits per heavy atom. The number of hydrogen-bond acceptors (Lipinski definition) is 3. The van der Waals surface area contributed by atoms with E-state index in [1.807, 2.05) is 30.5 Å². The van der Waals surface area contributed by atoms with E-state index in [0.717, 1.165) is 22.0 Å². The van der Waals surface area contributed by atoms with Crippen molar-refractivity contribution in [1.29, 1.82) is 0 Å². The number of amides is 3. The Morgan fingerprint density at radius 3 is 2.52 bits per heavy atom. The molecule has 2 aromatic carbocycles. The van der Waals surface area contributed by atoms with Gasteiger partial charge in [-0.3, -0.25) is 9.69 Å². The van der Waals surface area contributed by atoms with Gasteiger partial charge in [0.1, 0.15) is 11.5 Å². The standard InChI is InChI=1S/C25H22FN3O4/c1-14-11-18(16(3)29(14)22-10-6-8-19(15(22)2)24(31)32)12-21-23(30)28(25(33)27-21)13-17-7-4-5-9-20(17)26/h4-12H,13H2,1-3H3,(H,27,33)(H,31,32)/b21-12-. The summed E-state index contributed by atoms with van der Waals surface area (Å²) in [7, 11) is 0. The number of urea groups is 1.